The Labute approximate surface area is 113 Å². The van der Waals surface area contributed by atoms with Gasteiger partial charge in [-0.2, -0.15) is 0 Å². The van der Waals surface area contributed by atoms with Crippen molar-refractivity contribution < 1.29 is 18.3 Å². The SMILES string of the molecule is CCOCCCNC(=O)c1c(F)cc(Br)cc1F. The van der Waals surface area contributed by atoms with E-state index < -0.39 is 23.1 Å². The fraction of sp³-hybridized carbons (Fsp3) is 0.417. The Morgan fingerprint density at radius 3 is 2.56 bits per heavy atom. The number of rotatable bonds is 6. The average Bonchev–Trinajstić information content (AvgIpc) is 2.27. The standard InChI is InChI=1S/C12H14BrF2NO2/c1-2-18-5-3-4-16-12(17)11-9(14)6-8(13)7-10(11)15/h6-7H,2-5H2,1H3,(H,16,17). The number of carbonyl (C=O) groups is 1. The molecule has 1 aromatic carbocycles. The van der Waals surface area contributed by atoms with Gasteiger partial charge in [-0.3, -0.25) is 4.79 Å². The molecule has 0 heterocycles. The first kappa shape index (κ1) is 15.0. The maximum Gasteiger partial charge on any atom is 0.257 e. The molecule has 1 rings (SSSR count). The van der Waals surface area contributed by atoms with Gasteiger partial charge < -0.3 is 10.1 Å². The van der Waals surface area contributed by atoms with Crippen LogP contribution in [0.5, 0.6) is 0 Å². The van der Waals surface area contributed by atoms with E-state index in [9.17, 15) is 13.6 Å². The summed E-state index contributed by atoms with van der Waals surface area (Å²) >= 11 is 2.95. The summed E-state index contributed by atoms with van der Waals surface area (Å²) in [5.41, 5.74) is -0.561. The Hall–Kier alpha value is -1.01. The maximum atomic E-state index is 13.4. The smallest absolute Gasteiger partial charge is 0.257 e. The largest absolute Gasteiger partial charge is 0.382 e. The van der Waals surface area contributed by atoms with Gasteiger partial charge in [0.25, 0.3) is 5.91 Å². The fourth-order valence-electron chi connectivity index (χ4n) is 1.37. The lowest BCUT2D eigenvalue weighted by Gasteiger charge is -2.07. The molecule has 3 nitrogen and oxygen atoms in total. The Bertz CT molecular complexity index is 404. The van der Waals surface area contributed by atoms with Crippen molar-refractivity contribution >= 4 is 21.8 Å². The van der Waals surface area contributed by atoms with Crippen molar-refractivity contribution in [2.45, 2.75) is 13.3 Å². The Morgan fingerprint density at radius 1 is 1.39 bits per heavy atom. The molecule has 0 saturated carbocycles. The number of halogens is 3. The summed E-state index contributed by atoms with van der Waals surface area (Å²) in [5.74, 6) is -2.53. The highest BCUT2D eigenvalue weighted by Gasteiger charge is 2.17. The summed E-state index contributed by atoms with van der Waals surface area (Å²) < 4.78 is 32.2. The van der Waals surface area contributed by atoms with Gasteiger partial charge in [0.1, 0.15) is 17.2 Å². The molecule has 1 N–H and O–H groups in total. The quantitative estimate of drug-likeness (QED) is 0.818. The van der Waals surface area contributed by atoms with Gasteiger partial charge in [-0.25, -0.2) is 8.78 Å². The van der Waals surface area contributed by atoms with Gasteiger partial charge in [-0.15, -0.1) is 0 Å². The van der Waals surface area contributed by atoms with Crippen molar-refractivity contribution in [3.63, 3.8) is 0 Å². The first-order valence-corrected chi connectivity index (χ1v) is 6.36. The van der Waals surface area contributed by atoms with Crippen LogP contribution in [0, 0.1) is 11.6 Å². The van der Waals surface area contributed by atoms with Gasteiger partial charge in [0.15, 0.2) is 0 Å². The van der Waals surface area contributed by atoms with E-state index in [4.69, 9.17) is 4.74 Å². The Balaban J connectivity index is 2.57. The molecule has 0 bridgehead atoms. The lowest BCUT2D eigenvalue weighted by Crippen LogP contribution is -2.27. The summed E-state index contributed by atoms with van der Waals surface area (Å²) in [7, 11) is 0. The molecule has 100 valence electrons. The molecule has 0 aromatic heterocycles. The van der Waals surface area contributed by atoms with Crippen molar-refractivity contribution in [3.8, 4) is 0 Å². The first-order valence-electron chi connectivity index (χ1n) is 5.56. The molecule has 0 atom stereocenters. The Kier molecular flexibility index (Phi) is 6.21. The summed E-state index contributed by atoms with van der Waals surface area (Å²) in [6.07, 6.45) is 0.597. The van der Waals surface area contributed by atoms with Crippen LogP contribution in [-0.2, 0) is 4.74 Å². The molecule has 0 saturated heterocycles. The van der Waals surface area contributed by atoms with Crippen LogP contribution in [0.3, 0.4) is 0 Å². The van der Waals surface area contributed by atoms with Crippen LogP contribution < -0.4 is 5.32 Å². The van der Waals surface area contributed by atoms with E-state index in [0.29, 0.717) is 26.2 Å². The lowest BCUT2D eigenvalue weighted by atomic mass is 10.2. The first-order chi connectivity index (χ1) is 8.56. The van der Waals surface area contributed by atoms with Crippen LogP contribution >= 0.6 is 15.9 Å². The number of benzene rings is 1. The average molecular weight is 322 g/mol. The summed E-state index contributed by atoms with van der Waals surface area (Å²) in [6, 6.07) is 2.11. The lowest BCUT2D eigenvalue weighted by molar-refractivity contribution is 0.0936. The highest BCUT2D eigenvalue weighted by molar-refractivity contribution is 9.10. The molecule has 6 heteroatoms. The van der Waals surface area contributed by atoms with Crippen LogP contribution in [-0.4, -0.2) is 25.7 Å². The van der Waals surface area contributed by atoms with Gasteiger partial charge in [0, 0.05) is 24.2 Å². The zero-order valence-electron chi connectivity index (χ0n) is 9.93. The molecule has 0 aliphatic carbocycles. The van der Waals surface area contributed by atoms with Crippen molar-refractivity contribution in [3.05, 3.63) is 33.8 Å². The van der Waals surface area contributed by atoms with E-state index in [1.54, 1.807) is 0 Å². The molecule has 1 amide bonds. The molecular weight excluding hydrogens is 308 g/mol. The van der Waals surface area contributed by atoms with Crippen molar-refractivity contribution in [2.24, 2.45) is 0 Å². The van der Waals surface area contributed by atoms with E-state index >= 15 is 0 Å². The molecule has 18 heavy (non-hydrogen) atoms. The number of carbonyl (C=O) groups excluding carboxylic acids is 1. The number of hydrogen-bond acceptors (Lipinski definition) is 2. The second-order valence-corrected chi connectivity index (χ2v) is 4.47. The number of amides is 1. The number of hydrogen-bond donors (Lipinski definition) is 1. The van der Waals surface area contributed by atoms with Gasteiger partial charge in [-0.05, 0) is 25.5 Å². The number of ether oxygens (including phenoxy) is 1. The van der Waals surface area contributed by atoms with Crippen LogP contribution in [0.25, 0.3) is 0 Å². The monoisotopic (exact) mass is 321 g/mol. The van der Waals surface area contributed by atoms with Gasteiger partial charge in [0.05, 0.1) is 0 Å². The molecule has 1 aromatic rings. The highest BCUT2D eigenvalue weighted by Crippen LogP contribution is 2.19. The van der Waals surface area contributed by atoms with Crippen molar-refractivity contribution in [2.75, 3.05) is 19.8 Å². The summed E-state index contributed by atoms with van der Waals surface area (Å²) in [4.78, 5) is 11.6. The van der Waals surface area contributed by atoms with Gasteiger partial charge >= 0.3 is 0 Å². The molecule has 0 aliphatic heterocycles. The minimum Gasteiger partial charge on any atom is -0.382 e. The predicted molar refractivity (Wildman–Crippen MR) is 67.5 cm³/mol. The molecule has 0 aliphatic rings. The zero-order valence-corrected chi connectivity index (χ0v) is 11.5. The minimum atomic E-state index is -0.885. The van der Waals surface area contributed by atoms with Crippen LogP contribution in [0.4, 0.5) is 8.78 Å². The van der Waals surface area contributed by atoms with E-state index in [0.717, 1.165) is 12.1 Å². The third-order valence-electron chi connectivity index (χ3n) is 2.19. The normalized spacial score (nSPS) is 10.4. The van der Waals surface area contributed by atoms with Crippen LogP contribution in [0.2, 0.25) is 0 Å². The highest BCUT2D eigenvalue weighted by atomic mass is 79.9. The van der Waals surface area contributed by atoms with Gasteiger partial charge in [-0.1, -0.05) is 15.9 Å². The molecule has 0 radical (unpaired) electrons. The third kappa shape index (κ3) is 4.34. The van der Waals surface area contributed by atoms with E-state index in [1.165, 1.54) is 0 Å². The van der Waals surface area contributed by atoms with Gasteiger partial charge in [0.2, 0.25) is 0 Å². The summed E-state index contributed by atoms with van der Waals surface area (Å²) in [6.45, 7) is 3.28. The molecule has 0 spiro atoms. The zero-order chi connectivity index (χ0) is 13.5. The van der Waals surface area contributed by atoms with Crippen LogP contribution in [0.15, 0.2) is 16.6 Å². The van der Waals surface area contributed by atoms with Crippen molar-refractivity contribution in [1.82, 2.24) is 5.32 Å². The topological polar surface area (TPSA) is 38.3 Å². The van der Waals surface area contributed by atoms with E-state index in [2.05, 4.69) is 21.2 Å². The van der Waals surface area contributed by atoms with Crippen LogP contribution in [0.1, 0.15) is 23.7 Å². The maximum absolute atomic E-state index is 13.4. The second kappa shape index (κ2) is 7.43. The molecular formula is C12H14BrF2NO2. The van der Waals surface area contributed by atoms with E-state index in [1.807, 2.05) is 6.92 Å². The third-order valence-corrected chi connectivity index (χ3v) is 2.65. The molecule has 0 unspecified atom stereocenters. The minimum absolute atomic E-state index is 0.255. The van der Waals surface area contributed by atoms with Crippen molar-refractivity contribution in [1.29, 1.82) is 0 Å². The second-order valence-electron chi connectivity index (χ2n) is 3.55. The summed E-state index contributed by atoms with van der Waals surface area (Å²) in [5, 5.41) is 2.44. The number of nitrogens with one attached hydrogen (secondary N) is 1. The van der Waals surface area contributed by atoms with E-state index in [-0.39, 0.29) is 4.47 Å². The Morgan fingerprint density at radius 2 is 2.00 bits per heavy atom. The molecule has 0 fully saturated rings. The fourth-order valence-corrected chi connectivity index (χ4v) is 1.77. The predicted octanol–water partition coefficient (Wildman–Crippen LogP) is 2.88.